The Balaban J connectivity index is 0.000000290. The molecular weight excluding hydrogens is 1620 g/mol. The second-order valence-corrected chi connectivity index (χ2v) is 31.9. The van der Waals surface area contributed by atoms with Gasteiger partial charge in [0.2, 0.25) is 23.6 Å². The summed E-state index contributed by atoms with van der Waals surface area (Å²) in [7, 11) is 3.97. The number of rotatable bonds is 48. The first kappa shape index (κ1) is 104. The number of nitrogens with two attached hydrogens (primary N) is 3. The standard InChI is InChI=1S/C34H50N4O6.C31H43F2N3O6.C29H41F2N3O5/c1-3-44-33(41)16-11-19-36-30(17-18-32(40)37-20-8-5-9-21-37)34(42)38(24-27-14-10-15-28(22-27)43-2)25-31(39)29(35)23-26-12-6-4-7-13-26;1-4-6-10-31(41-11-12-42-31)18-27(35-30(39)40-3)29(38)36(19-22-9-7-8-21(5-2)13-22)20-28(37)26(34)16-23-14-24(32)17-25(33)15-23;1-4-6-10-24(35)16-26(33-29(38)39-3)28(37)34(17-20-9-7-8-19(5-2)11-20)18-27(36)25(32)14-21-12-22(30)15-23(31)13-21/h4,6-7,10,12-15,22,29-31,36,39H,3,5,8-9,11,16-21,23-25,35H2,1-2H3;7-9,13-15,17,26-28,37H,4-6,10-12,16,18-20,34H2,1-3H3,(H,35,39);7-9,11-13,15,24-27,35-36H,4-6,10,14,16-18,32H2,1-3H3,(H,33,38)/t29-,30+,31+;26-,27+,28+;24?,25-,26+,27+/m000/s1. The maximum atomic E-state index is 14.2. The zero-order chi connectivity index (χ0) is 91.4. The molecule has 6 amide bonds. The number of benzene rings is 6. The van der Waals surface area contributed by atoms with Crippen molar-refractivity contribution < 1.29 is 100.0 Å². The molecule has 0 aliphatic carbocycles. The van der Waals surface area contributed by atoms with Crippen LogP contribution in [-0.4, -0.2) is 229 Å². The molecule has 13 N–H and O–H groups in total. The number of aliphatic hydroxyl groups is 4. The molecule has 2 aliphatic rings. The van der Waals surface area contributed by atoms with Crippen LogP contribution in [-0.2, 0) is 99.4 Å². The monoisotopic (exact) mass is 1750 g/mol. The van der Waals surface area contributed by atoms with Crippen LogP contribution in [0.3, 0.4) is 0 Å². The lowest BCUT2D eigenvalue weighted by atomic mass is 9.97. The van der Waals surface area contributed by atoms with Gasteiger partial charge in [-0.3, -0.25) is 24.0 Å². The number of piperidine rings is 1. The van der Waals surface area contributed by atoms with Crippen LogP contribution in [0.15, 0.2) is 140 Å². The van der Waals surface area contributed by atoms with Gasteiger partial charge in [-0.15, -0.1) is 0 Å². The number of carbonyl (C=O) groups is 7. The van der Waals surface area contributed by atoms with Gasteiger partial charge in [-0.25, -0.2) is 27.2 Å². The Labute approximate surface area is 733 Å². The lowest BCUT2D eigenvalue weighted by Crippen LogP contribution is -2.55. The highest BCUT2D eigenvalue weighted by molar-refractivity contribution is 5.87. The number of nitrogens with zero attached hydrogens (tertiary/aromatic N) is 4. The predicted octanol–water partition coefficient (Wildman–Crippen LogP) is 10.3. The minimum Gasteiger partial charge on any atom is -0.497 e. The van der Waals surface area contributed by atoms with Crippen LogP contribution in [0.4, 0.5) is 27.2 Å². The Bertz CT molecular complexity index is 4210. The molecule has 0 aromatic heterocycles. The summed E-state index contributed by atoms with van der Waals surface area (Å²) in [5, 5.41) is 52.2. The molecule has 2 aliphatic heterocycles. The number of ether oxygens (including phenoxy) is 6. The maximum Gasteiger partial charge on any atom is 0.407 e. The summed E-state index contributed by atoms with van der Waals surface area (Å²) in [4.78, 5) is 97.7. The molecule has 10 atom stereocenters. The van der Waals surface area contributed by atoms with Crippen molar-refractivity contribution in [2.24, 2.45) is 17.2 Å². The van der Waals surface area contributed by atoms with E-state index in [2.05, 4.69) is 16.0 Å². The quantitative estimate of drug-likeness (QED) is 0.00734. The predicted molar refractivity (Wildman–Crippen MR) is 468 cm³/mol. The Morgan fingerprint density at radius 3 is 1.40 bits per heavy atom. The molecule has 2 saturated heterocycles. The van der Waals surface area contributed by atoms with E-state index in [1.165, 1.54) is 24.0 Å². The third kappa shape index (κ3) is 37.4. The molecule has 27 nitrogen and oxygen atoms in total. The molecule has 0 saturated carbocycles. The van der Waals surface area contributed by atoms with E-state index < -0.39 is 114 Å². The molecule has 31 heteroatoms. The first-order chi connectivity index (χ1) is 59.9. The van der Waals surface area contributed by atoms with Crippen molar-refractivity contribution in [3.63, 3.8) is 0 Å². The average Bonchev–Trinajstić information content (AvgIpc) is 1.53. The van der Waals surface area contributed by atoms with Crippen molar-refractivity contribution in [2.45, 2.75) is 249 Å². The van der Waals surface area contributed by atoms with Gasteiger partial charge in [0.15, 0.2) is 5.79 Å². The van der Waals surface area contributed by atoms with Crippen molar-refractivity contribution in [1.82, 2.24) is 35.6 Å². The molecule has 6 aromatic rings. The number of aliphatic hydroxyl groups excluding tert-OH is 4. The number of amides is 6. The second-order valence-electron chi connectivity index (χ2n) is 31.9. The number of carbonyl (C=O) groups excluding carboxylic acids is 7. The highest BCUT2D eigenvalue weighted by atomic mass is 19.1. The van der Waals surface area contributed by atoms with Gasteiger partial charge in [-0.1, -0.05) is 138 Å². The lowest BCUT2D eigenvalue weighted by molar-refractivity contribution is -0.176. The van der Waals surface area contributed by atoms with Crippen LogP contribution in [0.25, 0.3) is 0 Å². The Kier molecular flexibility index (Phi) is 46.4. The summed E-state index contributed by atoms with van der Waals surface area (Å²) in [6.45, 7) is 12.8. The van der Waals surface area contributed by atoms with E-state index >= 15 is 0 Å². The van der Waals surface area contributed by atoms with Crippen molar-refractivity contribution >= 4 is 41.8 Å². The molecule has 125 heavy (non-hydrogen) atoms. The fourth-order valence-electron chi connectivity index (χ4n) is 15.0. The number of esters is 1. The van der Waals surface area contributed by atoms with Crippen LogP contribution in [0.1, 0.15) is 175 Å². The lowest BCUT2D eigenvalue weighted by Gasteiger charge is -2.35. The summed E-state index contributed by atoms with van der Waals surface area (Å²) >= 11 is 0. The minimum atomic E-state index is -1.25. The van der Waals surface area contributed by atoms with Gasteiger partial charge < -0.3 is 102 Å². The van der Waals surface area contributed by atoms with E-state index in [1.807, 2.05) is 136 Å². The molecule has 2 heterocycles. The highest BCUT2D eigenvalue weighted by Gasteiger charge is 2.43. The van der Waals surface area contributed by atoms with Gasteiger partial charge in [-0.2, -0.15) is 0 Å². The maximum absolute atomic E-state index is 14.2. The van der Waals surface area contributed by atoms with Crippen molar-refractivity contribution in [1.29, 1.82) is 0 Å². The van der Waals surface area contributed by atoms with E-state index in [-0.39, 0.29) is 107 Å². The van der Waals surface area contributed by atoms with E-state index in [0.29, 0.717) is 64.2 Å². The molecule has 2 fully saturated rings. The Morgan fingerprint density at radius 1 is 0.496 bits per heavy atom. The van der Waals surface area contributed by atoms with E-state index in [9.17, 15) is 71.5 Å². The van der Waals surface area contributed by atoms with Gasteiger partial charge >= 0.3 is 18.2 Å². The second kappa shape index (κ2) is 55.7. The number of hydrogen-bond donors (Lipinski definition) is 10. The summed E-state index contributed by atoms with van der Waals surface area (Å²) in [5.41, 5.74) is 25.0. The van der Waals surface area contributed by atoms with Crippen LogP contribution >= 0.6 is 0 Å². The number of unbranched alkanes of at least 4 members (excludes halogenated alkanes) is 2. The molecule has 1 unspecified atom stereocenters. The van der Waals surface area contributed by atoms with Gasteiger partial charge in [0.05, 0.1) is 71.6 Å². The van der Waals surface area contributed by atoms with Gasteiger partial charge in [0.25, 0.3) is 0 Å². The van der Waals surface area contributed by atoms with Gasteiger partial charge in [-0.05, 0) is 171 Å². The largest absolute Gasteiger partial charge is 0.497 e. The number of methoxy groups -OCH3 is 3. The van der Waals surface area contributed by atoms with Crippen LogP contribution in [0.2, 0.25) is 0 Å². The third-order valence-corrected chi connectivity index (χ3v) is 21.9. The summed E-state index contributed by atoms with van der Waals surface area (Å²) < 4.78 is 86.6. The van der Waals surface area contributed by atoms with Gasteiger partial charge in [0, 0.05) is 115 Å². The molecular formula is C94H134F4N10O17. The number of halogens is 4. The first-order valence-electron chi connectivity index (χ1n) is 43.7. The first-order valence-corrected chi connectivity index (χ1v) is 43.7. The van der Waals surface area contributed by atoms with Crippen molar-refractivity contribution in [2.75, 3.05) is 80.4 Å². The van der Waals surface area contributed by atoms with Gasteiger partial charge in [0.1, 0.15) is 41.1 Å². The topological polar surface area (TPSA) is 383 Å². The SMILES string of the molecule is CCCCC(O)C[C@@H](NC(=O)OC)C(=O)N(Cc1cccc(CC)c1)C[C@@H](O)[C@@H](N)Cc1cc(F)cc(F)c1.CCCCC1(C[C@@H](NC(=O)OC)C(=O)N(Cc2cccc(CC)c2)C[C@@H](O)[C@@H](N)Cc2cc(F)cc(F)c2)OCCO1.CCOC(=O)CCCN[C@H](CCC(=O)N1CCCCC1)C(=O)N(Cc1cccc(OC)c1)C[C@@H](O)[C@@H](N)Cc1ccccc1. The smallest absolute Gasteiger partial charge is 0.407 e. The van der Waals surface area contributed by atoms with Crippen LogP contribution in [0, 0.1) is 23.3 Å². The summed E-state index contributed by atoms with van der Waals surface area (Å²) in [5.74, 6) is -4.88. The number of hydrogen-bond acceptors (Lipinski definition) is 21. The summed E-state index contributed by atoms with van der Waals surface area (Å²) in [6, 6.07) is 33.2. The minimum absolute atomic E-state index is 0.0190. The fourth-order valence-corrected chi connectivity index (χ4v) is 15.0. The molecule has 8 rings (SSSR count). The van der Waals surface area contributed by atoms with E-state index in [1.54, 1.807) is 18.9 Å². The fraction of sp³-hybridized carbons (Fsp3) is 0.543. The number of likely N-dealkylation sites (tertiary alicyclic amines) is 1. The highest BCUT2D eigenvalue weighted by Crippen LogP contribution is 2.32. The zero-order valence-electron chi connectivity index (χ0n) is 73.8. The van der Waals surface area contributed by atoms with Crippen molar-refractivity contribution in [3.05, 3.63) is 207 Å². The van der Waals surface area contributed by atoms with Crippen LogP contribution in [0.5, 0.6) is 5.75 Å². The number of aryl methyl sites for hydroxylation is 2. The normalized spacial score (nSPS) is 15.3. The number of alkyl carbamates (subject to hydrolysis) is 2. The molecule has 0 bridgehead atoms. The van der Waals surface area contributed by atoms with E-state index in [0.717, 1.165) is 141 Å². The zero-order valence-corrected chi connectivity index (χ0v) is 73.8. The van der Waals surface area contributed by atoms with Crippen LogP contribution < -0.4 is 37.9 Å². The molecule has 0 radical (unpaired) electrons. The Morgan fingerprint density at radius 2 is 0.936 bits per heavy atom. The number of nitrogens with one attached hydrogen (secondary N) is 3. The molecule has 690 valence electrons. The van der Waals surface area contributed by atoms with E-state index in [4.69, 9.17) is 45.6 Å². The third-order valence-electron chi connectivity index (χ3n) is 21.9. The molecule has 6 aromatic carbocycles. The molecule has 0 spiro atoms. The summed E-state index contributed by atoms with van der Waals surface area (Å²) in [6.07, 6.45) is 4.71. The Hall–Kier alpha value is -9.67. The van der Waals surface area contributed by atoms with Crippen molar-refractivity contribution in [3.8, 4) is 5.75 Å². The average molecular weight is 1750 g/mol.